The standard InChI is InChI=1S/C27H23NO4S.H2S/c1-3-5-20(15-26(29)30)19-8-10-21(11-9-19)32-16-18-7-12-25-23(14-18)24(17-33-25)22-6-4-13-28-27(22)31-2;/h4,6-14,17,20H,15-16H2,1-2H3,(H,29,30);1H2/t20-;/m0./s1. The molecule has 0 aliphatic rings. The monoisotopic (exact) mass is 491 g/mol. The summed E-state index contributed by atoms with van der Waals surface area (Å²) in [6, 6.07) is 17.7. The molecule has 0 saturated heterocycles. The molecule has 2 aromatic carbocycles. The topological polar surface area (TPSA) is 68.7 Å². The summed E-state index contributed by atoms with van der Waals surface area (Å²) in [5.74, 6) is 5.91. The van der Waals surface area contributed by atoms with Crippen LogP contribution in [0.5, 0.6) is 11.6 Å². The second kappa shape index (κ2) is 11.6. The third-order valence-electron chi connectivity index (χ3n) is 5.28. The summed E-state index contributed by atoms with van der Waals surface area (Å²) < 4.78 is 12.6. The molecule has 0 aliphatic carbocycles. The van der Waals surface area contributed by atoms with Gasteiger partial charge in [0.2, 0.25) is 5.88 Å². The van der Waals surface area contributed by atoms with Gasteiger partial charge >= 0.3 is 5.97 Å². The predicted molar refractivity (Wildman–Crippen MR) is 141 cm³/mol. The van der Waals surface area contributed by atoms with Gasteiger partial charge in [0.1, 0.15) is 12.4 Å². The average molecular weight is 492 g/mol. The second-order valence-corrected chi connectivity index (χ2v) is 8.35. The Hall–Kier alpha value is -3.47. The van der Waals surface area contributed by atoms with Crippen LogP contribution in [0.15, 0.2) is 66.2 Å². The highest BCUT2D eigenvalue weighted by Crippen LogP contribution is 2.38. The van der Waals surface area contributed by atoms with E-state index in [-0.39, 0.29) is 25.8 Å². The lowest BCUT2D eigenvalue weighted by molar-refractivity contribution is -0.137. The number of ether oxygens (including phenoxy) is 2. The lowest BCUT2D eigenvalue weighted by Gasteiger charge is -2.11. The summed E-state index contributed by atoms with van der Waals surface area (Å²) >= 11 is 1.69. The second-order valence-electron chi connectivity index (χ2n) is 7.44. The molecule has 0 amide bonds. The molecule has 0 aliphatic heterocycles. The van der Waals surface area contributed by atoms with Crippen LogP contribution in [0.1, 0.15) is 30.4 Å². The fourth-order valence-electron chi connectivity index (χ4n) is 3.70. The van der Waals surface area contributed by atoms with Gasteiger partial charge in [-0.25, -0.2) is 4.98 Å². The minimum atomic E-state index is -0.866. The van der Waals surface area contributed by atoms with Crippen molar-refractivity contribution in [3.63, 3.8) is 0 Å². The Labute approximate surface area is 209 Å². The first-order valence-corrected chi connectivity index (χ1v) is 11.3. The van der Waals surface area contributed by atoms with Crippen LogP contribution in [-0.4, -0.2) is 23.2 Å². The van der Waals surface area contributed by atoms with Gasteiger partial charge in [-0.05, 0) is 59.8 Å². The third-order valence-corrected chi connectivity index (χ3v) is 6.24. The van der Waals surface area contributed by atoms with Crippen LogP contribution in [0.25, 0.3) is 21.2 Å². The summed E-state index contributed by atoms with van der Waals surface area (Å²) in [4.78, 5) is 15.4. The van der Waals surface area contributed by atoms with E-state index in [2.05, 4.69) is 40.4 Å². The van der Waals surface area contributed by atoms with E-state index < -0.39 is 5.97 Å². The van der Waals surface area contributed by atoms with Gasteiger partial charge in [0.05, 0.1) is 19.4 Å². The molecule has 0 saturated carbocycles. The van der Waals surface area contributed by atoms with Crippen molar-refractivity contribution < 1.29 is 19.4 Å². The molecule has 7 heteroatoms. The van der Waals surface area contributed by atoms with Crippen molar-refractivity contribution in [3.8, 4) is 34.6 Å². The maximum absolute atomic E-state index is 11.1. The van der Waals surface area contributed by atoms with Crippen LogP contribution in [0.2, 0.25) is 0 Å². The molecule has 4 rings (SSSR count). The zero-order valence-electron chi connectivity index (χ0n) is 18.9. The largest absolute Gasteiger partial charge is 0.489 e. The van der Waals surface area contributed by atoms with Gasteiger partial charge in [0.15, 0.2) is 0 Å². The number of hydrogen-bond donors (Lipinski definition) is 1. The molecule has 4 aromatic rings. The highest BCUT2D eigenvalue weighted by molar-refractivity contribution is 7.59. The predicted octanol–water partition coefficient (Wildman–Crippen LogP) is 6.25. The molecule has 0 radical (unpaired) electrons. The van der Waals surface area contributed by atoms with Crippen LogP contribution in [-0.2, 0) is 11.4 Å². The van der Waals surface area contributed by atoms with Crippen molar-refractivity contribution >= 4 is 40.9 Å². The van der Waals surface area contributed by atoms with E-state index in [9.17, 15) is 4.79 Å². The summed E-state index contributed by atoms with van der Waals surface area (Å²) in [7, 11) is 1.63. The summed E-state index contributed by atoms with van der Waals surface area (Å²) in [6.45, 7) is 2.13. The zero-order valence-corrected chi connectivity index (χ0v) is 20.7. The van der Waals surface area contributed by atoms with Gasteiger partial charge in [0.25, 0.3) is 0 Å². The van der Waals surface area contributed by atoms with Crippen molar-refractivity contribution in [1.82, 2.24) is 4.98 Å². The minimum absolute atomic E-state index is 0. The number of fused-ring (bicyclic) bond motifs is 1. The number of carbonyl (C=O) groups is 1. The van der Waals surface area contributed by atoms with E-state index in [4.69, 9.17) is 14.6 Å². The fourth-order valence-corrected chi connectivity index (χ4v) is 4.64. The van der Waals surface area contributed by atoms with Gasteiger partial charge in [-0.15, -0.1) is 17.3 Å². The Morgan fingerprint density at radius 2 is 1.94 bits per heavy atom. The molecule has 1 atom stereocenters. The van der Waals surface area contributed by atoms with Crippen molar-refractivity contribution in [2.45, 2.75) is 25.9 Å². The lowest BCUT2D eigenvalue weighted by atomic mass is 9.96. The molecule has 0 spiro atoms. The number of carboxylic acids is 1. The van der Waals surface area contributed by atoms with Crippen LogP contribution < -0.4 is 9.47 Å². The minimum Gasteiger partial charge on any atom is -0.489 e. The van der Waals surface area contributed by atoms with Crippen molar-refractivity contribution in [3.05, 3.63) is 77.3 Å². The molecule has 174 valence electrons. The van der Waals surface area contributed by atoms with Crippen molar-refractivity contribution in [2.24, 2.45) is 0 Å². The molecule has 34 heavy (non-hydrogen) atoms. The molecule has 0 bridgehead atoms. The summed E-state index contributed by atoms with van der Waals surface area (Å²) in [6.07, 6.45) is 1.70. The van der Waals surface area contributed by atoms with E-state index >= 15 is 0 Å². The lowest BCUT2D eigenvalue weighted by Crippen LogP contribution is -2.04. The number of hydrogen-bond acceptors (Lipinski definition) is 5. The average Bonchev–Trinajstić information content (AvgIpc) is 3.25. The maximum atomic E-state index is 11.1. The highest BCUT2D eigenvalue weighted by atomic mass is 32.1. The van der Waals surface area contributed by atoms with Crippen LogP contribution in [0.3, 0.4) is 0 Å². The highest BCUT2D eigenvalue weighted by Gasteiger charge is 2.14. The summed E-state index contributed by atoms with van der Waals surface area (Å²) in [5, 5.41) is 12.4. The van der Waals surface area contributed by atoms with Gasteiger partial charge in [-0.2, -0.15) is 13.5 Å². The van der Waals surface area contributed by atoms with Crippen LogP contribution in [0.4, 0.5) is 0 Å². The van der Waals surface area contributed by atoms with E-state index in [0.29, 0.717) is 12.5 Å². The number of aromatic nitrogens is 1. The number of pyridine rings is 1. The number of aliphatic carboxylic acids is 1. The van der Waals surface area contributed by atoms with Gasteiger partial charge in [-0.3, -0.25) is 4.79 Å². The fraction of sp³-hybridized carbons (Fsp3) is 0.185. The number of nitrogens with zero attached hydrogens (tertiary/aromatic N) is 1. The Morgan fingerprint density at radius 1 is 1.15 bits per heavy atom. The van der Waals surface area contributed by atoms with Gasteiger partial charge in [0, 0.05) is 27.4 Å². The third kappa shape index (κ3) is 5.71. The number of methoxy groups -OCH3 is 1. The molecule has 0 unspecified atom stereocenters. The van der Waals surface area contributed by atoms with E-state index in [1.54, 1.807) is 31.6 Å². The Morgan fingerprint density at radius 3 is 2.65 bits per heavy atom. The first-order valence-electron chi connectivity index (χ1n) is 10.5. The van der Waals surface area contributed by atoms with Crippen molar-refractivity contribution in [1.29, 1.82) is 0 Å². The number of carboxylic acid groups (broad SMARTS) is 1. The summed E-state index contributed by atoms with van der Waals surface area (Å²) in [5.41, 5.74) is 3.97. The van der Waals surface area contributed by atoms with Gasteiger partial charge in [-0.1, -0.05) is 24.1 Å². The molecule has 0 fully saturated rings. The van der Waals surface area contributed by atoms with Crippen LogP contribution in [0, 0.1) is 11.8 Å². The molecular weight excluding hydrogens is 466 g/mol. The normalized spacial score (nSPS) is 11.1. The van der Waals surface area contributed by atoms with E-state index in [1.165, 1.54) is 4.70 Å². The van der Waals surface area contributed by atoms with E-state index in [0.717, 1.165) is 33.4 Å². The quantitative estimate of drug-likeness (QED) is 0.295. The van der Waals surface area contributed by atoms with Crippen molar-refractivity contribution in [2.75, 3.05) is 7.11 Å². The Bertz CT molecular complexity index is 1340. The van der Waals surface area contributed by atoms with E-state index in [1.807, 2.05) is 36.4 Å². The SMILES string of the molecule is CC#C[C@@H](CC(=O)O)c1ccc(OCc2ccc3scc(-c4cccnc4OC)c3c2)cc1.S. The maximum Gasteiger partial charge on any atom is 0.304 e. The molecular formula is C27H25NO4S2. The Kier molecular flexibility index (Phi) is 8.58. The number of thiophene rings is 1. The number of benzene rings is 2. The van der Waals surface area contributed by atoms with Crippen LogP contribution >= 0.6 is 24.8 Å². The molecule has 1 N–H and O–H groups in total. The Balaban J connectivity index is 0.00000324. The first-order chi connectivity index (χ1) is 16.1. The first kappa shape index (κ1) is 25.2. The zero-order chi connectivity index (χ0) is 23.2. The molecule has 2 aromatic heterocycles. The molecule has 5 nitrogen and oxygen atoms in total. The van der Waals surface area contributed by atoms with Gasteiger partial charge < -0.3 is 14.6 Å². The molecule has 2 heterocycles. The smallest absolute Gasteiger partial charge is 0.304 e. The number of rotatable bonds is 8.